The molecule has 28 heavy (non-hydrogen) atoms. The van der Waals surface area contributed by atoms with Gasteiger partial charge in [-0.05, 0) is 30.3 Å². The Labute approximate surface area is 173 Å². The Morgan fingerprint density at radius 3 is 2.43 bits per heavy atom. The van der Waals surface area contributed by atoms with Crippen LogP contribution in [0.15, 0.2) is 52.9 Å². The molecule has 0 fully saturated rings. The Kier molecular flexibility index (Phi) is 6.08. The SMILES string of the molecule is O=C(Nc1c(Cl)cccc1Cl)c1ccc(COc2ccc([N+](=O)[O-])cc2Cl)o1. The average molecular weight is 442 g/mol. The number of rotatable bonds is 6. The number of amides is 1. The lowest BCUT2D eigenvalue weighted by Gasteiger charge is -2.08. The van der Waals surface area contributed by atoms with Crippen molar-refractivity contribution in [3.63, 3.8) is 0 Å². The highest BCUT2D eigenvalue weighted by molar-refractivity contribution is 6.40. The van der Waals surface area contributed by atoms with Crippen molar-refractivity contribution >= 4 is 52.1 Å². The number of carbonyl (C=O) groups excluding carboxylic acids is 1. The van der Waals surface area contributed by atoms with Crippen molar-refractivity contribution in [1.29, 1.82) is 0 Å². The van der Waals surface area contributed by atoms with Gasteiger partial charge in [-0.2, -0.15) is 0 Å². The number of anilines is 1. The third kappa shape index (κ3) is 4.56. The first-order valence-corrected chi connectivity index (χ1v) is 8.89. The van der Waals surface area contributed by atoms with Gasteiger partial charge in [0.25, 0.3) is 11.6 Å². The third-order valence-corrected chi connectivity index (χ3v) is 4.51. The predicted octanol–water partition coefficient (Wildman–Crippen LogP) is 5.98. The number of furan rings is 1. The van der Waals surface area contributed by atoms with Crippen LogP contribution in [0, 0.1) is 10.1 Å². The van der Waals surface area contributed by atoms with Gasteiger partial charge in [0.2, 0.25) is 0 Å². The second kappa shape index (κ2) is 8.52. The smallest absolute Gasteiger partial charge is 0.291 e. The van der Waals surface area contributed by atoms with Gasteiger partial charge >= 0.3 is 0 Å². The molecule has 0 saturated carbocycles. The lowest BCUT2D eigenvalue weighted by molar-refractivity contribution is -0.384. The molecule has 0 aliphatic heterocycles. The number of nitrogens with one attached hydrogen (secondary N) is 1. The van der Waals surface area contributed by atoms with Crippen LogP contribution in [-0.4, -0.2) is 10.8 Å². The van der Waals surface area contributed by atoms with E-state index >= 15 is 0 Å². The fourth-order valence-electron chi connectivity index (χ4n) is 2.24. The van der Waals surface area contributed by atoms with Crippen LogP contribution in [-0.2, 0) is 6.61 Å². The molecule has 144 valence electrons. The summed E-state index contributed by atoms with van der Waals surface area (Å²) in [5.41, 5.74) is 0.134. The predicted molar refractivity (Wildman–Crippen MR) is 106 cm³/mol. The summed E-state index contributed by atoms with van der Waals surface area (Å²) in [6.07, 6.45) is 0. The standard InChI is InChI=1S/C18H11Cl3N2O5/c19-12-2-1-3-13(20)17(12)22-18(24)16-7-5-11(28-16)9-27-15-6-4-10(23(25)26)8-14(15)21/h1-8H,9H2,(H,22,24). The summed E-state index contributed by atoms with van der Waals surface area (Å²) in [5.74, 6) is 0.0985. The van der Waals surface area contributed by atoms with Gasteiger partial charge in [-0.1, -0.05) is 40.9 Å². The molecular formula is C18H11Cl3N2O5. The topological polar surface area (TPSA) is 94.6 Å². The fourth-order valence-corrected chi connectivity index (χ4v) is 2.96. The molecule has 0 spiro atoms. The largest absolute Gasteiger partial charge is 0.484 e. The highest BCUT2D eigenvalue weighted by atomic mass is 35.5. The normalized spacial score (nSPS) is 10.5. The van der Waals surface area contributed by atoms with E-state index in [0.29, 0.717) is 15.8 Å². The van der Waals surface area contributed by atoms with E-state index in [1.807, 2.05) is 0 Å². The zero-order valence-corrected chi connectivity index (χ0v) is 16.2. The molecule has 0 saturated heterocycles. The Balaban J connectivity index is 1.66. The number of hydrogen-bond donors (Lipinski definition) is 1. The molecule has 0 radical (unpaired) electrons. The summed E-state index contributed by atoms with van der Waals surface area (Å²) < 4.78 is 10.9. The number of nitrogens with zero attached hydrogens (tertiary/aromatic N) is 1. The summed E-state index contributed by atoms with van der Waals surface area (Å²) in [6, 6.07) is 11.7. The number of non-ortho nitro benzene ring substituents is 1. The third-order valence-electron chi connectivity index (χ3n) is 3.58. The van der Waals surface area contributed by atoms with Crippen LogP contribution in [0.3, 0.4) is 0 Å². The lowest BCUT2D eigenvalue weighted by Crippen LogP contribution is -2.11. The summed E-state index contributed by atoms with van der Waals surface area (Å²) in [6.45, 7) is -0.0301. The Hall–Kier alpha value is -2.74. The van der Waals surface area contributed by atoms with E-state index < -0.39 is 10.8 Å². The molecule has 0 aliphatic rings. The van der Waals surface area contributed by atoms with Crippen LogP contribution >= 0.6 is 34.8 Å². The van der Waals surface area contributed by atoms with E-state index in [1.54, 1.807) is 24.3 Å². The molecule has 2 aromatic carbocycles. The summed E-state index contributed by atoms with van der Waals surface area (Å²) in [4.78, 5) is 22.5. The minimum absolute atomic E-state index is 0.0301. The molecule has 0 atom stereocenters. The van der Waals surface area contributed by atoms with E-state index in [0.717, 1.165) is 0 Å². The number of carbonyl (C=O) groups is 1. The fraction of sp³-hybridized carbons (Fsp3) is 0.0556. The van der Waals surface area contributed by atoms with Gasteiger partial charge in [0, 0.05) is 12.1 Å². The summed E-state index contributed by atoms with van der Waals surface area (Å²) >= 11 is 18.0. The van der Waals surface area contributed by atoms with Crippen molar-refractivity contribution in [2.75, 3.05) is 5.32 Å². The van der Waals surface area contributed by atoms with Gasteiger partial charge in [-0.3, -0.25) is 14.9 Å². The van der Waals surface area contributed by atoms with Crippen molar-refractivity contribution in [3.05, 3.63) is 85.2 Å². The second-order valence-electron chi connectivity index (χ2n) is 5.48. The molecule has 1 heterocycles. The molecule has 0 bridgehead atoms. The molecule has 1 N–H and O–H groups in total. The number of ether oxygens (including phenoxy) is 1. The lowest BCUT2D eigenvalue weighted by atomic mass is 10.3. The van der Waals surface area contributed by atoms with E-state index in [1.165, 1.54) is 24.3 Å². The zero-order valence-electron chi connectivity index (χ0n) is 13.9. The van der Waals surface area contributed by atoms with Crippen molar-refractivity contribution < 1.29 is 18.9 Å². The molecule has 7 nitrogen and oxygen atoms in total. The number of nitro benzene ring substituents is 1. The van der Waals surface area contributed by atoms with Crippen LogP contribution in [0.4, 0.5) is 11.4 Å². The minimum atomic E-state index is -0.557. The maximum Gasteiger partial charge on any atom is 0.291 e. The van der Waals surface area contributed by atoms with Crippen molar-refractivity contribution in [2.45, 2.75) is 6.61 Å². The van der Waals surface area contributed by atoms with Gasteiger partial charge in [0.05, 0.1) is 25.7 Å². The number of halogens is 3. The highest BCUT2D eigenvalue weighted by Crippen LogP contribution is 2.31. The number of nitro groups is 1. The maximum atomic E-state index is 12.3. The van der Waals surface area contributed by atoms with E-state index in [2.05, 4.69) is 5.32 Å². The molecule has 0 unspecified atom stereocenters. The van der Waals surface area contributed by atoms with Crippen LogP contribution in [0.5, 0.6) is 5.75 Å². The highest BCUT2D eigenvalue weighted by Gasteiger charge is 2.16. The van der Waals surface area contributed by atoms with E-state index in [9.17, 15) is 14.9 Å². The van der Waals surface area contributed by atoms with Crippen LogP contribution < -0.4 is 10.1 Å². The first-order valence-electron chi connectivity index (χ1n) is 7.76. The summed E-state index contributed by atoms with van der Waals surface area (Å²) in [7, 11) is 0. The summed E-state index contributed by atoms with van der Waals surface area (Å²) in [5, 5.41) is 14.0. The minimum Gasteiger partial charge on any atom is -0.484 e. The van der Waals surface area contributed by atoms with E-state index in [-0.39, 0.29) is 34.5 Å². The average Bonchev–Trinajstić information content (AvgIpc) is 3.12. The zero-order chi connectivity index (χ0) is 20.3. The van der Waals surface area contributed by atoms with E-state index in [4.69, 9.17) is 44.0 Å². The molecule has 1 amide bonds. The van der Waals surface area contributed by atoms with Crippen LogP contribution in [0.1, 0.15) is 16.3 Å². The Morgan fingerprint density at radius 1 is 1.07 bits per heavy atom. The molecular weight excluding hydrogens is 431 g/mol. The molecule has 0 aliphatic carbocycles. The maximum absolute atomic E-state index is 12.3. The Morgan fingerprint density at radius 2 is 1.79 bits per heavy atom. The molecule has 3 rings (SSSR count). The van der Waals surface area contributed by atoms with Gasteiger partial charge in [-0.15, -0.1) is 0 Å². The quantitative estimate of drug-likeness (QED) is 0.375. The molecule has 1 aromatic heterocycles. The second-order valence-corrected chi connectivity index (χ2v) is 6.70. The molecule has 10 heteroatoms. The van der Waals surface area contributed by atoms with Crippen molar-refractivity contribution in [3.8, 4) is 5.75 Å². The van der Waals surface area contributed by atoms with Gasteiger partial charge < -0.3 is 14.5 Å². The monoisotopic (exact) mass is 440 g/mol. The number of hydrogen-bond acceptors (Lipinski definition) is 5. The van der Waals surface area contributed by atoms with Crippen LogP contribution in [0.25, 0.3) is 0 Å². The van der Waals surface area contributed by atoms with Crippen LogP contribution in [0.2, 0.25) is 15.1 Å². The van der Waals surface area contributed by atoms with Gasteiger partial charge in [-0.25, -0.2) is 0 Å². The first kappa shape index (κ1) is 20.0. The van der Waals surface area contributed by atoms with Crippen molar-refractivity contribution in [1.82, 2.24) is 0 Å². The number of para-hydroxylation sites is 1. The number of benzene rings is 2. The van der Waals surface area contributed by atoms with Gasteiger partial charge in [0.15, 0.2) is 5.76 Å². The first-order chi connectivity index (χ1) is 13.3. The van der Waals surface area contributed by atoms with Crippen molar-refractivity contribution in [2.24, 2.45) is 0 Å². The Bertz CT molecular complexity index is 1030. The van der Waals surface area contributed by atoms with Gasteiger partial charge in [0.1, 0.15) is 18.1 Å². The molecule has 3 aromatic rings.